The van der Waals surface area contributed by atoms with E-state index in [4.69, 9.17) is 9.47 Å². The van der Waals surface area contributed by atoms with E-state index in [1.54, 1.807) is 24.3 Å². The van der Waals surface area contributed by atoms with E-state index in [0.717, 1.165) is 38.4 Å². The zero-order chi connectivity index (χ0) is 23.7. The Bertz CT molecular complexity index is 1340. The number of thioether (sulfide) groups is 2. The normalized spacial score (nSPS) is 16.1. The molecule has 1 aromatic heterocycles. The molecule has 5 rings (SSSR count). The van der Waals surface area contributed by atoms with Gasteiger partial charge in [0.15, 0.2) is 16.7 Å². The number of aromatic nitrogens is 2. The second-order valence-corrected chi connectivity index (χ2v) is 9.46. The fourth-order valence-corrected chi connectivity index (χ4v) is 5.27. The maximum atomic E-state index is 12.7. The lowest BCUT2D eigenvalue weighted by Crippen LogP contribution is -2.37. The number of aryl methyl sites for hydroxylation is 1. The maximum Gasteiger partial charge on any atom is 0.293 e. The standard InChI is InChI=1S/C23H20N4O5S2/c1-26-16-5-3-2-4-15(16)25-22(26)33-12-20(28)24-8-9-27-21(29)19(34-23(27)30)11-14-6-7-17-18(10-14)32-13-31-17/h2-7,10-11H,8-9,12-13H2,1H3,(H,24,28)/b19-11-. The molecular formula is C23H20N4O5S2. The Hall–Kier alpha value is -3.44. The number of imidazole rings is 1. The molecule has 2 aromatic carbocycles. The van der Waals surface area contributed by atoms with Gasteiger partial charge in [-0.25, -0.2) is 4.98 Å². The van der Waals surface area contributed by atoms with E-state index < -0.39 is 0 Å². The number of amides is 3. The maximum absolute atomic E-state index is 12.7. The molecule has 174 valence electrons. The highest BCUT2D eigenvalue weighted by Gasteiger charge is 2.34. The van der Waals surface area contributed by atoms with E-state index >= 15 is 0 Å². The minimum atomic E-state index is -0.379. The predicted molar refractivity (Wildman–Crippen MR) is 130 cm³/mol. The molecule has 0 bridgehead atoms. The van der Waals surface area contributed by atoms with Crippen LogP contribution >= 0.6 is 23.5 Å². The van der Waals surface area contributed by atoms with Crippen LogP contribution in [0.15, 0.2) is 52.5 Å². The Morgan fingerprint density at radius 3 is 2.88 bits per heavy atom. The second kappa shape index (κ2) is 9.43. The third kappa shape index (κ3) is 4.48. The number of nitrogens with zero attached hydrogens (tertiary/aromatic N) is 3. The van der Waals surface area contributed by atoms with Gasteiger partial charge in [0.25, 0.3) is 11.1 Å². The number of fused-ring (bicyclic) bond motifs is 2. The molecule has 1 saturated heterocycles. The molecule has 0 spiro atoms. The van der Waals surface area contributed by atoms with Gasteiger partial charge in [0.05, 0.1) is 21.7 Å². The van der Waals surface area contributed by atoms with Crippen LogP contribution in [0.3, 0.4) is 0 Å². The summed E-state index contributed by atoms with van der Waals surface area (Å²) < 4.78 is 12.6. The third-order valence-corrected chi connectivity index (χ3v) is 7.24. The molecule has 34 heavy (non-hydrogen) atoms. The minimum absolute atomic E-state index is 0.103. The number of carbonyl (C=O) groups excluding carboxylic acids is 3. The van der Waals surface area contributed by atoms with Gasteiger partial charge in [-0.05, 0) is 47.7 Å². The Morgan fingerprint density at radius 2 is 2.03 bits per heavy atom. The van der Waals surface area contributed by atoms with Gasteiger partial charge in [0.2, 0.25) is 12.7 Å². The van der Waals surface area contributed by atoms with Gasteiger partial charge in [-0.2, -0.15) is 0 Å². The summed E-state index contributed by atoms with van der Waals surface area (Å²) in [6.45, 7) is 0.446. The van der Waals surface area contributed by atoms with Gasteiger partial charge < -0.3 is 19.4 Å². The Labute approximate surface area is 203 Å². The largest absolute Gasteiger partial charge is 0.454 e. The van der Waals surface area contributed by atoms with Crippen LogP contribution in [-0.4, -0.2) is 57.1 Å². The van der Waals surface area contributed by atoms with E-state index in [1.165, 1.54) is 11.8 Å². The molecule has 0 unspecified atom stereocenters. The monoisotopic (exact) mass is 496 g/mol. The van der Waals surface area contributed by atoms with Crippen LogP contribution in [0.1, 0.15) is 5.56 Å². The van der Waals surface area contributed by atoms with Crippen molar-refractivity contribution in [2.24, 2.45) is 7.05 Å². The topological polar surface area (TPSA) is 103 Å². The summed E-state index contributed by atoms with van der Waals surface area (Å²) in [6.07, 6.45) is 1.65. The van der Waals surface area contributed by atoms with Gasteiger partial charge in [0, 0.05) is 20.1 Å². The molecule has 2 aliphatic heterocycles. The first-order valence-electron chi connectivity index (χ1n) is 10.5. The molecule has 1 fully saturated rings. The lowest BCUT2D eigenvalue weighted by Gasteiger charge is -2.12. The average Bonchev–Trinajstić information content (AvgIpc) is 3.50. The van der Waals surface area contributed by atoms with Crippen molar-refractivity contribution in [3.8, 4) is 11.5 Å². The number of ether oxygens (including phenoxy) is 2. The van der Waals surface area contributed by atoms with E-state index in [1.807, 2.05) is 35.9 Å². The Morgan fingerprint density at radius 1 is 1.21 bits per heavy atom. The Balaban J connectivity index is 1.13. The van der Waals surface area contributed by atoms with Crippen molar-refractivity contribution in [2.45, 2.75) is 5.16 Å². The molecule has 0 atom stereocenters. The van der Waals surface area contributed by atoms with Gasteiger partial charge in [-0.15, -0.1) is 0 Å². The van der Waals surface area contributed by atoms with Gasteiger partial charge in [-0.3, -0.25) is 19.3 Å². The van der Waals surface area contributed by atoms with Crippen LogP contribution in [0.5, 0.6) is 11.5 Å². The third-order valence-electron chi connectivity index (χ3n) is 5.30. The van der Waals surface area contributed by atoms with E-state index in [-0.39, 0.29) is 42.7 Å². The molecule has 1 N–H and O–H groups in total. The SMILES string of the molecule is Cn1c(SCC(=O)NCCN2C(=O)S/C(=C\c3ccc4c(c3)OCO4)C2=O)nc2ccccc21. The summed E-state index contributed by atoms with van der Waals surface area (Å²) in [7, 11) is 1.91. The van der Waals surface area contributed by atoms with E-state index in [9.17, 15) is 14.4 Å². The highest BCUT2D eigenvalue weighted by Crippen LogP contribution is 2.36. The molecule has 3 aromatic rings. The fraction of sp³-hybridized carbons (Fsp3) is 0.217. The van der Waals surface area contributed by atoms with Crippen LogP contribution in [0, 0.1) is 0 Å². The highest BCUT2D eigenvalue weighted by atomic mass is 32.2. The van der Waals surface area contributed by atoms with Crippen molar-refractivity contribution in [1.29, 1.82) is 0 Å². The summed E-state index contributed by atoms with van der Waals surface area (Å²) in [4.78, 5) is 43.3. The number of hydrogen-bond donors (Lipinski definition) is 1. The molecular weight excluding hydrogens is 476 g/mol. The van der Waals surface area contributed by atoms with Crippen molar-refractivity contribution in [3.05, 3.63) is 52.9 Å². The second-order valence-electron chi connectivity index (χ2n) is 7.53. The van der Waals surface area contributed by atoms with Crippen molar-refractivity contribution in [1.82, 2.24) is 19.8 Å². The van der Waals surface area contributed by atoms with Gasteiger partial charge in [0.1, 0.15) is 0 Å². The van der Waals surface area contributed by atoms with Gasteiger partial charge in [-0.1, -0.05) is 30.0 Å². The van der Waals surface area contributed by atoms with E-state index in [0.29, 0.717) is 16.4 Å². The molecule has 11 heteroatoms. The highest BCUT2D eigenvalue weighted by molar-refractivity contribution is 8.18. The van der Waals surface area contributed by atoms with Crippen molar-refractivity contribution in [3.63, 3.8) is 0 Å². The first kappa shape index (κ1) is 22.4. The number of imide groups is 1. The number of carbonyl (C=O) groups is 3. The van der Waals surface area contributed by atoms with Crippen molar-refractivity contribution >= 4 is 57.7 Å². The van der Waals surface area contributed by atoms with Gasteiger partial charge >= 0.3 is 0 Å². The number of rotatable bonds is 7. The number of hydrogen-bond acceptors (Lipinski definition) is 8. The average molecular weight is 497 g/mol. The minimum Gasteiger partial charge on any atom is -0.454 e. The Kier molecular flexibility index (Phi) is 6.20. The molecule has 3 amide bonds. The predicted octanol–water partition coefficient (Wildman–Crippen LogP) is 3.25. The molecule has 0 radical (unpaired) electrons. The smallest absolute Gasteiger partial charge is 0.293 e. The van der Waals surface area contributed by atoms with Crippen LogP contribution in [0.4, 0.5) is 4.79 Å². The summed E-state index contributed by atoms with van der Waals surface area (Å²) in [5.74, 6) is 0.863. The number of nitrogens with one attached hydrogen (secondary N) is 1. The number of benzene rings is 2. The first-order valence-corrected chi connectivity index (χ1v) is 12.3. The van der Waals surface area contributed by atoms with Crippen molar-refractivity contribution in [2.75, 3.05) is 25.6 Å². The summed E-state index contributed by atoms with van der Waals surface area (Å²) in [5, 5.41) is 3.15. The zero-order valence-corrected chi connectivity index (χ0v) is 19.8. The molecule has 0 saturated carbocycles. The zero-order valence-electron chi connectivity index (χ0n) is 18.1. The van der Waals surface area contributed by atoms with Crippen LogP contribution in [0.2, 0.25) is 0 Å². The van der Waals surface area contributed by atoms with Crippen LogP contribution in [-0.2, 0) is 16.6 Å². The summed E-state index contributed by atoms with van der Waals surface area (Å²) in [6, 6.07) is 13.1. The molecule has 2 aliphatic rings. The quantitative estimate of drug-likeness (QED) is 0.393. The lowest BCUT2D eigenvalue weighted by atomic mass is 10.2. The summed E-state index contributed by atoms with van der Waals surface area (Å²) in [5.41, 5.74) is 2.61. The van der Waals surface area contributed by atoms with E-state index in [2.05, 4.69) is 10.3 Å². The molecule has 9 nitrogen and oxygen atoms in total. The lowest BCUT2D eigenvalue weighted by molar-refractivity contribution is -0.123. The first-order chi connectivity index (χ1) is 16.5. The fourth-order valence-electron chi connectivity index (χ4n) is 3.59. The molecule has 0 aliphatic carbocycles. The molecule has 3 heterocycles. The summed E-state index contributed by atoms with van der Waals surface area (Å²) >= 11 is 2.21. The van der Waals surface area contributed by atoms with Crippen LogP contribution in [0.25, 0.3) is 17.1 Å². The van der Waals surface area contributed by atoms with Crippen LogP contribution < -0.4 is 14.8 Å². The van der Waals surface area contributed by atoms with Crippen molar-refractivity contribution < 1.29 is 23.9 Å². The number of para-hydroxylation sites is 2.